The molecule has 22 heavy (non-hydrogen) atoms. The number of aromatic carboxylic acids is 1. The molecule has 1 atom stereocenters. The summed E-state index contributed by atoms with van der Waals surface area (Å²) in [7, 11) is 0. The monoisotopic (exact) mass is 308 g/mol. The van der Waals surface area contributed by atoms with Gasteiger partial charge in [0.2, 0.25) is 0 Å². The molecule has 2 fully saturated rings. The Morgan fingerprint density at radius 3 is 2.77 bits per heavy atom. The number of hydrogen-bond acceptors (Lipinski definition) is 5. The van der Waals surface area contributed by atoms with E-state index in [0.717, 1.165) is 25.7 Å². The highest BCUT2D eigenvalue weighted by Gasteiger charge is 2.42. The maximum atomic E-state index is 10.8. The van der Waals surface area contributed by atoms with Crippen LogP contribution in [0.2, 0.25) is 0 Å². The topological polar surface area (TPSA) is 85.2 Å². The maximum Gasteiger partial charge on any atom is 0.339 e. The molecule has 1 aromatic rings. The summed E-state index contributed by atoms with van der Waals surface area (Å²) in [5, 5.41) is 18.5. The molecule has 0 radical (unpaired) electrons. The van der Waals surface area contributed by atoms with Crippen LogP contribution in [-0.2, 0) is 9.47 Å². The molecule has 6 heteroatoms. The number of carboxylic acid groups (broad SMARTS) is 1. The van der Waals surface area contributed by atoms with Gasteiger partial charge in [0, 0.05) is 18.9 Å². The van der Waals surface area contributed by atoms with Crippen LogP contribution >= 0.6 is 0 Å². The molecule has 1 saturated heterocycles. The van der Waals surface area contributed by atoms with Gasteiger partial charge in [0.05, 0.1) is 6.61 Å². The SMILES string of the molecule is O=C(O)c1ccc(OCC2COC3(CCCCC3)O2)cc1O. The summed E-state index contributed by atoms with van der Waals surface area (Å²) in [5.41, 5.74) is -0.144. The van der Waals surface area contributed by atoms with Gasteiger partial charge in [0.1, 0.15) is 29.8 Å². The van der Waals surface area contributed by atoms with Gasteiger partial charge in [-0.2, -0.15) is 0 Å². The Balaban J connectivity index is 1.55. The highest BCUT2D eigenvalue weighted by Crippen LogP contribution is 2.37. The number of ether oxygens (including phenoxy) is 3. The number of benzene rings is 1. The molecule has 1 saturated carbocycles. The third kappa shape index (κ3) is 3.18. The first-order valence-corrected chi connectivity index (χ1v) is 7.59. The van der Waals surface area contributed by atoms with Gasteiger partial charge in [-0.3, -0.25) is 0 Å². The van der Waals surface area contributed by atoms with Crippen LogP contribution in [-0.4, -0.2) is 41.3 Å². The Hall–Kier alpha value is -1.79. The third-order valence-electron chi connectivity index (χ3n) is 4.16. The smallest absolute Gasteiger partial charge is 0.339 e. The average molecular weight is 308 g/mol. The van der Waals surface area contributed by atoms with Crippen molar-refractivity contribution in [3.8, 4) is 11.5 Å². The predicted octanol–water partition coefficient (Wildman–Crippen LogP) is 2.55. The molecule has 2 N–H and O–H groups in total. The third-order valence-corrected chi connectivity index (χ3v) is 4.16. The predicted molar refractivity (Wildman–Crippen MR) is 77.2 cm³/mol. The van der Waals surface area contributed by atoms with E-state index in [1.165, 1.54) is 24.6 Å². The van der Waals surface area contributed by atoms with Gasteiger partial charge in [0.15, 0.2) is 5.79 Å². The van der Waals surface area contributed by atoms with Gasteiger partial charge < -0.3 is 24.4 Å². The highest BCUT2D eigenvalue weighted by molar-refractivity contribution is 5.90. The molecule has 1 aromatic carbocycles. The van der Waals surface area contributed by atoms with Crippen LogP contribution in [0.5, 0.6) is 11.5 Å². The standard InChI is InChI=1S/C16H20O6/c17-14-8-11(4-5-13(14)15(18)19)20-9-12-10-21-16(22-12)6-2-1-3-7-16/h4-5,8,12,17H,1-3,6-7,9-10H2,(H,18,19). The zero-order valence-corrected chi connectivity index (χ0v) is 12.3. The molecule has 120 valence electrons. The quantitative estimate of drug-likeness (QED) is 0.889. The van der Waals surface area contributed by atoms with Crippen molar-refractivity contribution in [2.24, 2.45) is 0 Å². The summed E-state index contributed by atoms with van der Waals surface area (Å²) in [6.07, 6.45) is 5.19. The highest BCUT2D eigenvalue weighted by atomic mass is 16.7. The minimum atomic E-state index is -1.17. The zero-order valence-electron chi connectivity index (χ0n) is 12.3. The molecular formula is C16H20O6. The number of carboxylic acids is 1. The Kier molecular flexibility index (Phi) is 4.22. The van der Waals surface area contributed by atoms with Crippen molar-refractivity contribution in [2.45, 2.75) is 44.0 Å². The molecule has 1 unspecified atom stereocenters. The van der Waals surface area contributed by atoms with Gasteiger partial charge in [0.25, 0.3) is 0 Å². The van der Waals surface area contributed by atoms with Crippen LogP contribution in [0, 0.1) is 0 Å². The molecule has 0 aromatic heterocycles. The van der Waals surface area contributed by atoms with E-state index < -0.39 is 11.8 Å². The fraction of sp³-hybridized carbons (Fsp3) is 0.562. The number of aromatic hydroxyl groups is 1. The van der Waals surface area contributed by atoms with E-state index in [-0.39, 0.29) is 17.4 Å². The second-order valence-electron chi connectivity index (χ2n) is 5.82. The van der Waals surface area contributed by atoms with Crippen molar-refractivity contribution in [3.63, 3.8) is 0 Å². The lowest BCUT2D eigenvalue weighted by molar-refractivity contribution is -0.189. The molecule has 6 nitrogen and oxygen atoms in total. The first-order valence-electron chi connectivity index (χ1n) is 7.59. The van der Waals surface area contributed by atoms with E-state index >= 15 is 0 Å². The Labute approximate surface area is 128 Å². The Bertz CT molecular complexity index is 550. The van der Waals surface area contributed by atoms with Gasteiger partial charge >= 0.3 is 5.97 Å². The van der Waals surface area contributed by atoms with Crippen molar-refractivity contribution >= 4 is 5.97 Å². The largest absolute Gasteiger partial charge is 0.507 e. The first-order chi connectivity index (χ1) is 10.6. The number of phenols is 1. The van der Waals surface area contributed by atoms with Gasteiger partial charge in [-0.25, -0.2) is 4.79 Å². The molecule has 2 aliphatic rings. The molecule has 1 aliphatic carbocycles. The van der Waals surface area contributed by atoms with Gasteiger partial charge in [-0.15, -0.1) is 0 Å². The summed E-state index contributed by atoms with van der Waals surface area (Å²) < 4.78 is 17.4. The van der Waals surface area contributed by atoms with Crippen molar-refractivity contribution in [2.75, 3.05) is 13.2 Å². The molecule has 1 heterocycles. The van der Waals surface area contributed by atoms with E-state index in [4.69, 9.17) is 19.3 Å². The number of carbonyl (C=O) groups is 1. The lowest BCUT2D eigenvalue weighted by atomic mass is 9.94. The zero-order chi connectivity index (χ0) is 15.6. The lowest BCUT2D eigenvalue weighted by Crippen LogP contribution is -2.34. The van der Waals surface area contributed by atoms with E-state index in [0.29, 0.717) is 19.0 Å². The van der Waals surface area contributed by atoms with E-state index in [1.807, 2.05) is 0 Å². The molecule has 0 bridgehead atoms. The van der Waals surface area contributed by atoms with Gasteiger partial charge in [-0.05, 0) is 25.0 Å². The first kappa shape index (κ1) is 15.1. The summed E-state index contributed by atoms with van der Waals surface area (Å²) in [4.78, 5) is 10.8. The summed E-state index contributed by atoms with van der Waals surface area (Å²) in [5.74, 6) is -1.49. The number of rotatable bonds is 4. The second-order valence-corrected chi connectivity index (χ2v) is 5.82. The second kappa shape index (κ2) is 6.14. The summed E-state index contributed by atoms with van der Waals surface area (Å²) >= 11 is 0. The van der Waals surface area contributed by atoms with E-state index in [2.05, 4.69) is 0 Å². The summed E-state index contributed by atoms with van der Waals surface area (Å²) in [6.45, 7) is 0.812. The van der Waals surface area contributed by atoms with Crippen LogP contribution in [0.4, 0.5) is 0 Å². The lowest BCUT2D eigenvalue weighted by Gasteiger charge is -2.31. The number of hydrogen-bond donors (Lipinski definition) is 2. The van der Waals surface area contributed by atoms with Crippen LogP contribution in [0.15, 0.2) is 18.2 Å². The minimum Gasteiger partial charge on any atom is -0.507 e. The van der Waals surface area contributed by atoms with Crippen LogP contribution in [0.3, 0.4) is 0 Å². The maximum absolute atomic E-state index is 10.8. The van der Waals surface area contributed by atoms with Crippen LogP contribution in [0.25, 0.3) is 0 Å². The molecule has 1 aliphatic heterocycles. The fourth-order valence-corrected chi connectivity index (χ4v) is 3.02. The molecule has 1 spiro atoms. The Morgan fingerprint density at radius 2 is 2.09 bits per heavy atom. The van der Waals surface area contributed by atoms with Crippen LogP contribution in [0.1, 0.15) is 42.5 Å². The molecule has 0 amide bonds. The van der Waals surface area contributed by atoms with E-state index in [9.17, 15) is 9.90 Å². The van der Waals surface area contributed by atoms with E-state index in [1.54, 1.807) is 0 Å². The Morgan fingerprint density at radius 1 is 1.32 bits per heavy atom. The fourth-order valence-electron chi connectivity index (χ4n) is 3.02. The summed E-state index contributed by atoms with van der Waals surface area (Å²) in [6, 6.07) is 4.15. The van der Waals surface area contributed by atoms with Crippen molar-refractivity contribution < 1.29 is 29.2 Å². The van der Waals surface area contributed by atoms with Crippen molar-refractivity contribution in [3.05, 3.63) is 23.8 Å². The molecule has 3 rings (SSSR count). The minimum absolute atomic E-state index is 0.139. The average Bonchev–Trinajstić information content (AvgIpc) is 2.88. The normalized spacial score (nSPS) is 23.5. The van der Waals surface area contributed by atoms with Crippen molar-refractivity contribution in [1.82, 2.24) is 0 Å². The van der Waals surface area contributed by atoms with Gasteiger partial charge in [-0.1, -0.05) is 6.42 Å². The van der Waals surface area contributed by atoms with Crippen molar-refractivity contribution in [1.29, 1.82) is 0 Å². The van der Waals surface area contributed by atoms with Crippen LogP contribution < -0.4 is 4.74 Å². The molecular weight excluding hydrogens is 288 g/mol.